The Balaban J connectivity index is 2.50. The largest absolute Gasteiger partial charge is 0.466 e. The van der Waals surface area contributed by atoms with E-state index in [9.17, 15) is 24.3 Å². The van der Waals surface area contributed by atoms with Gasteiger partial charge in [0.2, 0.25) is 11.8 Å². The smallest absolute Gasteiger partial charge is 0.408 e. The van der Waals surface area contributed by atoms with Gasteiger partial charge in [-0.1, -0.05) is 48.5 Å². The van der Waals surface area contributed by atoms with Crippen molar-refractivity contribution in [3.8, 4) is 0 Å². The molecule has 0 heterocycles. The number of alkyl carbamates (subject to hydrolysis) is 1. The molecule has 41 heavy (non-hydrogen) atoms. The predicted octanol–water partition coefficient (Wildman–Crippen LogP) is 3.37. The number of aliphatic hydroxyl groups excluding tert-OH is 1. The van der Waals surface area contributed by atoms with Crippen LogP contribution in [0.1, 0.15) is 62.4 Å². The van der Waals surface area contributed by atoms with Gasteiger partial charge in [0.15, 0.2) is 0 Å². The third-order valence-electron chi connectivity index (χ3n) is 6.33. The molecule has 224 valence electrons. The average molecular weight is 570 g/mol. The minimum Gasteiger partial charge on any atom is -0.466 e. The van der Waals surface area contributed by atoms with Gasteiger partial charge < -0.3 is 30.1 Å². The molecule has 0 radical (unpaired) electrons. The molecule has 0 aliphatic carbocycles. The van der Waals surface area contributed by atoms with E-state index >= 15 is 0 Å². The van der Waals surface area contributed by atoms with Crippen molar-refractivity contribution in [3.63, 3.8) is 0 Å². The maximum absolute atomic E-state index is 14.2. The molecule has 0 aliphatic rings. The van der Waals surface area contributed by atoms with Crippen LogP contribution in [0.2, 0.25) is 0 Å². The molecule has 3 amide bonds. The minimum absolute atomic E-state index is 0.00376. The van der Waals surface area contributed by atoms with Gasteiger partial charge in [-0.2, -0.15) is 0 Å². The number of nitrogens with zero attached hydrogens (tertiary/aromatic N) is 1. The summed E-state index contributed by atoms with van der Waals surface area (Å²) in [5.41, 5.74) is 2.27. The van der Waals surface area contributed by atoms with Crippen molar-refractivity contribution >= 4 is 23.9 Å². The zero-order valence-electron chi connectivity index (χ0n) is 24.9. The standard InChI is InChI=1S/C31H43N3O7/c1-7-40-26(36)16-17-32-28(37)27(24-15-11-12-21(2)22(24)3)34(18-19-35)29(38)25(20-23-13-9-8-10-14-23)33-30(39)41-31(4,5)6/h8-15,25,27,35H,7,16-20H2,1-6H3,(H,32,37)(H,33,39). The fourth-order valence-electron chi connectivity index (χ4n) is 4.31. The monoisotopic (exact) mass is 569 g/mol. The van der Waals surface area contributed by atoms with Crippen LogP contribution in [0.15, 0.2) is 48.5 Å². The fourth-order valence-corrected chi connectivity index (χ4v) is 4.31. The number of esters is 1. The number of carbonyl (C=O) groups excluding carboxylic acids is 4. The van der Waals surface area contributed by atoms with Gasteiger partial charge in [-0.3, -0.25) is 14.4 Å². The highest BCUT2D eigenvalue weighted by molar-refractivity contribution is 5.92. The lowest BCUT2D eigenvalue weighted by molar-refractivity contribution is -0.144. The van der Waals surface area contributed by atoms with Crippen LogP contribution in [-0.2, 0) is 30.3 Å². The maximum Gasteiger partial charge on any atom is 0.408 e. The molecule has 2 rings (SSSR count). The highest BCUT2D eigenvalue weighted by Crippen LogP contribution is 2.27. The van der Waals surface area contributed by atoms with Crippen molar-refractivity contribution in [3.05, 3.63) is 70.8 Å². The Morgan fingerprint density at radius 3 is 2.29 bits per heavy atom. The van der Waals surface area contributed by atoms with E-state index < -0.39 is 48.2 Å². The summed E-state index contributed by atoms with van der Waals surface area (Å²) in [5, 5.41) is 15.4. The van der Waals surface area contributed by atoms with Gasteiger partial charge in [0.25, 0.3) is 0 Å². The lowest BCUT2D eigenvalue weighted by Crippen LogP contribution is -2.54. The van der Waals surface area contributed by atoms with Crippen molar-refractivity contribution in [1.29, 1.82) is 0 Å². The Labute approximate surface area is 242 Å². The Hall–Kier alpha value is -3.92. The number of ether oxygens (including phenoxy) is 2. The first-order valence-corrected chi connectivity index (χ1v) is 13.8. The van der Waals surface area contributed by atoms with Gasteiger partial charge in [0, 0.05) is 19.5 Å². The molecule has 0 aliphatic heterocycles. The fraction of sp³-hybridized carbons (Fsp3) is 0.484. The first-order chi connectivity index (χ1) is 19.4. The third kappa shape index (κ3) is 10.5. The summed E-state index contributed by atoms with van der Waals surface area (Å²) < 4.78 is 10.4. The molecule has 2 aromatic carbocycles. The number of aryl methyl sites for hydroxylation is 1. The number of hydrogen-bond acceptors (Lipinski definition) is 7. The maximum atomic E-state index is 14.2. The molecule has 0 aromatic heterocycles. The van der Waals surface area contributed by atoms with Crippen molar-refractivity contribution in [2.24, 2.45) is 0 Å². The number of amides is 3. The van der Waals surface area contributed by atoms with Crippen molar-refractivity contribution < 1.29 is 33.8 Å². The van der Waals surface area contributed by atoms with E-state index in [1.165, 1.54) is 4.90 Å². The summed E-state index contributed by atoms with van der Waals surface area (Å²) in [6.07, 6.45) is -0.688. The molecule has 10 heteroatoms. The SMILES string of the molecule is CCOC(=O)CCNC(=O)C(c1cccc(C)c1C)N(CCO)C(=O)C(Cc1ccccc1)NC(=O)OC(C)(C)C. The molecule has 2 atom stereocenters. The molecule has 10 nitrogen and oxygen atoms in total. The van der Waals surface area contributed by atoms with Crippen LogP contribution in [0.25, 0.3) is 0 Å². The minimum atomic E-state index is -1.14. The van der Waals surface area contributed by atoms with Gasteiger partial charge in [-0.25, -0.2) is 4.79 Å². The number of nitrogens with one attached hydrogen (secondary N) is 2. The average Bonchev–Trinajstić information content (AvgIpc) is 2.89. The molecule has 2 aromatic rings. The Bertz CT molecular complexity index is 1180. The topological polar surface area (TPSA) is 134 Å². The lowest BCUT2D eigenvalue weighted by atomic mass is 9.94. The third-order valence-corrected chi connectivity index (χ3v) is 6.33. The van der Waals surface area contributed by atoms with E-state index in [0.717, 1.165) is 16.7 Å². The molecule has 0 saturated carbocycles. The first-order valence-electron chi connectivity index (χ1n) is 13.8. The van der Waals surface area contributed by atoms with Crippen molar-refractivity contribution in [1.82, 2.24) is 15.5 Å². The molecule has 0 spiro atoms. The number of carbonyl (C=O) groups is 4. The van der Waals surface area contributed by atoms with Gasteiger partial charge >= 0.3 is 12.1 Å². The first kappa shape index (κ1) is 33.3. The molecule has 3 N–H and O–H groups in total. The summed E-state index contributed by atoms with van der Waals surface area (Å²) in [6.45, 7) is 10.2. The van der Waals surface area contributed by atoms with Crippen LogP contribution in [-0.4, -0.2) is 71.8 Å². The molecule has 0 bridgehead atoms. The molecule has 0 fully saturated rings. The summed E-state index contributed by atoms with van der Waals surface area (Å²) >= 11 is 0. The highest BCUT2D eigenvalue weighted by atomic mass is 16.6. The zero-order valence-corrected chi connectivity index (χ0v) is 24.9. The lowest BCUT2D eigenvalue weighted by Gasteiger charge is -2.35. The van der Waals surface area contributed by atoms with E-state index in [1.54, 1.807) is 39.8 Å². The number of aliphatic hydroxyl groups is 1. The molecule has 0 saturated heterocycles. The summed E-state index contributed by atoms with van der Waals surface area (Å²) in [5.74, 6) is -1.55. The van der Waals surface area contributed by atoms with Crippen LogP contribution in [0, 0.1) is 13.8 Å². The second kappa shape index (κ2) is 15.8. The summed E-state index contributed by atoms with van der Waals surface area (Å²) in [6, 6.07) is 12.4. The van der Waals surface area contributed by atoms with Gasteiger partial charge in [0.1, 0.15) is 17.7 Å². The second-order valence-electron chi connectivity index (χ2n) is 10.7. The van der Waals surface area contributed by atoms with Gasteiger partial charge in [-0.15, -0.1) is 0 Å². The quantitative estimate of drug-likeness (QED) is 0.315. The zero-order chi connectivity index (χ0) is 30.6. The highest BCUT2D eigenvalue weighted by Gasteiger charge is 2.37. The van der Waals surface area contributed by atoms with Crippen molar-refractivity contribution in [2.45, 2.75) is 72.1 Å². The van der Waals surface area contributed by atoms with E-state index in [1.807, 2.05) is 50.2 Å². The summed E-state index contributed by atoms with van der Waals surface area (Å²) in [7, 11) is 0. The summed E-state index contributed by atoms with van der Waals surface area (Å²) in [4.78, 5) is 53.8. The molecular weight excluding hydrogens is 526 g/mol. The number of benzene rings is 2. The van der Waals surface area contributed by atoms with Gasteiger partial charge in [0.05, 0.1) is 19.6 Å². The van der Waals surface area contributed by atoms with Crippen LogP contribution in [0.4, 0.5) is 4.79 Å². The van der Waals surface area contributed by atoms with Crippen molar-refractivity contribution in [2.75, 3.05) is 26.3 Å². The normalized spacial score (nSPS) is 12.6. The van der Waals surface area contributed by atoms with Gasteiger partial charge in [-0.05, 0) is 63.8 Å². The Morgan fingerprint density at radius 1 is 1.00 bits per heavy atom. The Morgan fingerprint density at radius 2 is 1.68 bits per heavy atom. The number of hydrogen-bond donors (Lipinski definition) is 3. The van der Waals surface area contributed by atoms with Crippen LogP contribution < -0.4 is 10.6 Å². The van der Waals surface area contributed by atoms with E-state index in [2.05, 4.69) is 10.6 Å². The van der Waals surface area contributed by atoms with Crippen LogP contribution in [0.5, 0.6) is 0 Å². The second-order valence-corrected chi connectivity index (χ2v) is 10.7. The van der Waals surface area contributed by atoms with E-state index in [0.29, 0.717) is 5.56 Å². The predicted molar refractivity (Wildman–Crippen MR) is 155 cm³/mol. The molecular formula is C31H43N3O7. The van der Waals surface area contributed by atoms with Crippen LogP contribution in [0.3, 0.4) is 0 Å². The number of rotatable bonds is 13. The van der Waals surface area contributed by atoms with E-state index in [4.69, 9.17) is 9.47 Å². The Kier molecular flexibility index (Phi) is 12.8. The molecule has 2 unspecified atom stereocenters. The van der Waals surface area contributed by atoms with Crippen LogP contribution >= 0.6 is 0 Å². The van der Waals surface area contributed by atoms with E-state index in [-0.39, 0.29) is 32.5 Å².